The molecule has 26 heavy (non-hydrogen) atoms. The molecule has 0 saturated carbocycles. The number of rotatable bonds is 4. The van der Waals surface area contributed by atoms with Crippen molar-refractivity contribution in [2.75, 3.05) is 12.4 Å². The summed E-state index contributed by atoms with van der Waals surface area (Å²) in [6.07, 6.45) is 1.44. The number of hydrogen-bond acceptors (Lipinski definition) is 4. The number of carbonyl (C=O) groups excluding carboxylic acids is 1. The Labute approximate surface area is 150 Å². The molecule has 5 heteroatoms. The molecule has 0 unspecified atom stereocenters. The fraction of sp³-hybridized carbons (Fsp3) is 0.0476. The molecule has 3 aromatic carbocycles. The Morgan fingerprint density at radius 1 is 1.12 bits per heavy atom. The van der Waals surface area contributed by atoms with Gasteiger partial charge in [-0.1, -0.05) is 36.4 Å². The molecule has 0 aliphatic carbocycles. The van der Waals surface area contributed by atoms with Crippen LogP contribution in [0, 0.1) is 11.3 Å². The van der Waals surface area contributed by atoms with Gasteiger partial charge in [-0.05, 0) is 46.7 Å². The van der Waals surface area contributed by atoms with Gasteiger partial charge in [0.1, 0.15) is 11.6 Å². The topological polar surface area (TPSA) is 82.3 Å². The summed E-state index contributed by atoms with van der Waals surface area (Å²) in [7, 11) is 1.43. The van der Waals surface area contributed by atoms with Crippen LogP contribution in [0.3, 0.4) is 0 Å². The number of anilines is 1. The Morgan fingerprint density at radius 3 is 2.62 bits per heavy atom. The van der Waals surface area contributed by atoms with E-state index < -0.39 is 5.91 Å². The van der Waals surface area contributed by atoms with Crippen molar-refractivity contribution in [1.82, 2.24) is 0 Å². The maximum absolute atomic E-state index is 12.4. The highest BCUT2D eigenvalue weighted by Gasteiger charge is 2.11. The van der Waals surface area contributed by atoms with Crippen molar-refractivity contribution in [3.63, 3.8) is 0 Å². The van der Waals surface area contributed by atoms with Crippen LogP contribution in [0.4, 0.5) is 5.69 Å². The van der Waals surface area contributed by atoms with E-state index in [-0.39, 0.29) is 17.1 Å². The summed E-state index contributed by atoms with van der Waals surface area (Å²) in [6, 6.07) is 19.9. The number of nitriles is 1. The summed E-state index contributed by atoms with van der Waals surface area (Å²) < 4.78 is 5.04. The Kier molecular flexibility index (Phi) is 4.86. The number of carbonyl (C=O) groups is 1. The molecule has 0 radical (unpaired) electrons. The van der Waals surface area contributed by atoms with Gasteiger partial charge in [-0.3, -0.25) is 4.79 Å². The van der Waals surface area contributed by atoms with E-state index in [1.807, 2.05) is 42.5 Å². The van der Waals surface area contributed by atoms with E-state index in [0.717, 1.165) is 10.8 Å². The molecule has 128 valence electrons. The van der Waals surface area contributed by atoms with Crippen molar-refractivity contribution in [2.24, 2.45) is 0 Å². The van der Waals surface area contributed by atoms with Crippen LogP contribution in [0.25, 0.3) is 16.8 Å². The van der Waals surface area contributed by atoms with Gasteiger partial charge in [-0.25, -0.2) is 0 Å². The molecule has 3 aromatic rings. The Balaban J connectivity index is 1.85. The van der Waals surface area contributed by atoms with Gasteiger partial charge >= 0.3 is 0 Å². The SMILES string of the molecule is COc1cc(/C=C(\C#N)C(=O)Nc2ccc3ccccc3c2)ccc1O. The zero-order chi connectivity index (χ0) is 18.5. The van der Waals surface area contributed by atoms with Crippen LogP contribution in [0.5, 0.6) is 11.5 Å². The molecule has 3 rings (SSSR count). The predicted molar refractivity (Wildman–Crippen MR) is 101 cm³/mol. The predicted octanol–water partition coefficient (Wildman–Crippen LogP) is 4.10. The lowest BCUT2D eigenvalue weighted by atomic mass is 10.1. The number of benzene rings is 3. The van der Waals surface area contributed by atoms with E-state index in [1.165, 1.54) is 19.3 Å². The quantitative estimate of drug-likeness (QED) is 0.551. The van der Waals surface area contributed by atoms with Crippen LogP contribution in [0.1, 0.15) is 5.56 Å². The van der Waals surface area contributed by atoms with Crippen LogP contribution >= 0.6 is 0 Å². The Morgan fingerprint density at radius 2 is 1.88 bits per heavy atom. The first kappa shape index (κ1) is 17.1. The molecule has 0 aliphatic heterocycles. The molecule has 2 N–H and O–H groups in total. The van der Waals surface area contributed by atoms with Gasteiger partial charge in [-0.2, -0.15) is 5.26 Å². The van der Waals surface area contributed by atoms with Gasteiger partial charge in [0, 0.05) is 5.69 Å². The maximum atomic E-state index is 12.4. The summed E-state index contributed by atoms with van der Waals surface area (Å²) in [5, 5.41) is 23.8. The first-order valence-electron chi connectivity index (χ1n) is 7.89. The summed E-state index contributed by atoms with van der Waals surface area (Å²) in [5.74, 6) is -0.246. The third-order valence-corrected chi connectivity index (χ3v) is 3.89. The van der Waals surface area contributed by atoms with Gasteiger partial charge in [0.15, 0.2) is 11.5 Å². The summed E-state index contributed by atoms with van der Waals surface area (Å²) in [5.41, 5.74) is 1.13. The number of ether oxygens (including phenoxy) is 1. The zero-order valence-electron chi connectivity index (χ0n) is 14.1. The number of nitrogens with one attached hydrogen (secondary N) is 1. The minimum atomic E-state index is -0.505. The molecule has 0 aliphatic rings. The standard InChI is InChI=1S/C21H16N2O3/c1-26-20-11-14(6-9-19(20)24)10-17(13-22)21(25)23-18-8-7-15-4-2-3-5-16(15)12-18/h2-12,24H,1H3,(H,23,25)/b17-10+. The van der Waals surface area contributed by atoms with Gasteiger partial charge in [0.2, 0.25) is 0 Å². The second-order valence-electron chi connectivity index (χ2n) is 5.62. The number of phenols is 1. The first-order valence-corrected chi connectivity index (χ1v) is 7.89. The second-order valence-corrected chi connectivity index (χ2v) is 5.62. The highest BCUT2D eigenvalue weighted by Crippen LogP contribution is 2.27. The first-order chi connectivity index (χ1) is 12.6. The summed E-state index contributed by atoms with van der Waals surface area (Å²) in [4.78, 5) is 12.4. The number of nitrogens with zero attached hydrogens (tertiary/aromatic N) is 1. The average Bonchev–Trinajstić information content (AvgIpc) is 2.67. The number of amides is 1. The maximum Gasteiger partial charge on any atom is 0.266 e. The van der Waals surface area contributed by atoms with Crippen molar-refractivity contribution < 1.29 is 14.6 Å². The van der Waals surface area contributed by atoms with E-state index >= 15 is 0 Å². The fourth-order valence-corrected chi connectivity index (χ4v) is 2.56. The third-order valence-electron chi connectivity index (χ3n) is 3.89. The number of methoxy groups -OCH3 is 1. The number of phenolic OH excluding ortho intramolecular Hbond substituents is 1. The molecule has 0 saturated heterocycles. The molecule has 1 amide bonds. The number of fused-ring (bicyclic) bond motifs is 1. The molecular formula is C21H16N2O3. The van der Waals surface area contributed by atoms with Crippen molar-refractivity contribution in [2.45, 2.75) is 0 Å². The second kappa shape index (κ2) is 7.41. The van der Waals surface area contributed by atoms with E-state index in [9.17, 15) is 15.2 Å². The lowest BCUT2D eigenvalue weighted by Crippen LogP contribution is -2.13. The van der Waals surface area contributed by atoms with Gasteiger partial charge < -0.3 is 15.2 Å². The van der Waals surface area contributed by atoms with E-state index in [0.29, 0.717) is 11.3 Å². The van der Waals surface area contributed by atoms with Gasteiger partial charge in [0.25, 0.3) is 5.91 Å². The molecular weight excluding hydrogens is 328 g/mol. The van der Waals surface area contributed by atoms with Crippen molar-refractivity contribution in [3.8, 4) is 17.6 Å². The van der Waals surface area contributed by atoms with Crippen LogP contribution in [0.15, 0.2) is 66.2 Å². The molecule has 0 fully saturated rings. The smallest absolute Gasteiger partial charge is 0.266 e. The molecule has 5 nitrogen and oxygen atoms in total. The highest BCUT2D eigenvalue weighted by molar-refractivity contribution is 6.10. The average molecular weight is 344 g/mol. The van der Waals surface area contributed by atoms with Crippen molar-refractivity contribution in [3.05, 3.63) is 71.8 Å². The summed E-state index contributed by atoms with van der Waals surface area (Å²) >= 11 is 0. The molecule has 0 bridgehead atoms. The number of hydrogen-bond donors (Lipinski definition) is 2. The van der Waals surface area contributed by atoms with Crippen LogP contribution in [-0.2, 0) is 4.79 Å². The zero-order valence-corrected chi connectivity index (χ0v) is 14.1. The molecule has 0 aromatic heterocycles. The van der Waals surface area contributed by atoms with Crippen LogP contribution < -0.4 is 10.1 Å². The van der Waals surface area contributed by atoms with E-state index in [4.69, 9.17) is 4.74 Å². The van der Waals surface area contributed by atoms with E-state index in [1.54, 1.807) is 18.2 Å². The van der Waals surface area contributed by atoms with Gasteiger partial charge in [0.05, 0.1) is 7.11 Å². The highest BCUT2D eigenvalue weighted by atomic mass is 16.5. The lowest BCUT2D eigenvalue weighted by Gasteiger charge is -2.07. The Hall–Kier alpha value is -3.78. The third kappa shape index (κ3) is 3.65. The molecule has 0 heterocycles. The largest absolute Gasteiger partial charge is 0.504 e. The molecule has 0 atom stereocenters. The van der Waals surface area contributed by atoms with Gasteiger partial charge in [-0.15, -0.1) is 0 Å². The molecule has 0 spiro atoms. The minimum Gasteiger partial charge on any atom is -0.504 e. The fourth-order valence-electron chi connectivity index (χ4n) is 2.56. The lowest BCUT2D eigenvalue weighted by molar-refractivity contribution is -0.112. The minimum absolute atomic E-state index is 0.0104. The van der Waals surface area contributed by atoms with Crippen molar-refractivity contribution in [1.29, 1.82) is 5.26 Å². The Bertz CT molecular complexity index is 1050. The van der Waals surface area contributed by atoms with Crippen LogP contribution in [-0.4, -0.2) is 18.1 Å². The van der Waals surface area contributed by atoms with Crippen molar-refractivity contribution >= 4 is 28.4 Å². The summed E-state index contributed by atoms with van der Waals surface area (Å²) in [6.45, 7) is 0. The number of aromatic hydroxyl groups is 1. The normalized spacial score (nSPS) is 11.0. The van der Waals surface area contributed by atoms with Crippen LogP contribution in [0.2, 0.25) is 0 Å². The van der Waals surface area contributed by atoms with E-state index in [2.05, 4.69) is 5.32 Å². The monoisotopic (exact) mass is 344 g/mol.